The molecule has 3 heterocycles. The Morgan fingerprint density at radius 1 is 1.08 bits per heavy atom. The van der Waals surface area contributed by atoms with E-state index >= 15 is 0 Å². The number of para-hydroxylation sites is 1. The number of fused-ring (bicyclic) bond motifs is 1. The number of benzene rings is 1. The van der Waals surface area contributed by atoms with Crippen LogP contribution in [0, 0.1) is 6.92 Å². The molecule has 7 heteroatoms. The normalized spacial score (nSPS) is 12.2. The van der Waals surface area contributed by atoms with Gasteiger partial charge in [0, 0.05) is 36.5 Å². The highest BCUT2D eigenvalue weighted by Gasteiger charge is 2.12. The number of aromatic nitrogens is 5. The van der Waals surface area contributed by atoms with Crippen molar-refractivity contribution in [3.05, 3.63) is 59.9 Å². The molecule has 3 aromatic heterocycles. The molecule has 4 aromatic rings. The van der Waals surface area contributed by atoms with Crippen LogP contribution < -0.4 is 5.32 Å². The SMILES string of the molecule is Cc1ncc(-c2cc(NC[C@@H](C)c3cccc4scnc34)ncn2)cn1. The Morgan fingerprint density at radius 3 is 2.77 bits per heavy atom. The Labute approximate surface area is 155 Å². The van der Waals surface area contributed by atoms with E-state index in [1.165, 1.54) is 10.3 Å². The molecule has 130 valence electrons. The number of hydrogen-bond acceptors (Lipinski definition) is 7. The summed E-state index contributed by atoms with van der Waals surface area (Å²) in [7, 11) is 0. The van der Waals surface area contributed by atoms with Crippen LogP contribution in [-0.2, 0) is 0 Å². The topological polar surface area (TPSA) is 76.5 Å². The first-order valence-electron chi connectivity index (χ1n) is 8.38. The summed E-state index contributed by atoms with van der Waals surface area (Å²) in [6, 6.07) is 8.26. The maximum Gasteiger partial charge on any atom is 0.129 e. The molecule has 6 nitrogen and oxygen atoms in total. The van der Waals surface area contributed by atoms with Crippen molar-refractivity contribution in [3.8, 4) is 11.3 Å². The van der Waals surface area contributed by atoms with Crippen LogP contribution in [-0.4, -0.2) is 31.5 Å². The molecule has 0 fully saturated rings. The highest BCUT2D eigenvalue weighted by Crippen LogP contribution is 2.27. The zero-order valence-corrected chi connectivity index (χ0v) is 15.4. The molecule has 26 heavy (non-hydrogen) atoms. The van der Waals surface area contributed by atoms with Gasteiger partial charge in [-0.2, -0.15) is 0 Å². The van der Waals surface area contributed by atoms with Gasteiger partial charge < -0.3 is 5.32 Å². The van der Waals surface area contributed by atoms with Gasteiger partial charge in [-0.15, -0.1) is 11.3 Å². The third-order valence-corrected chi connectivity index (χ3v) is 5.05. The predicted molar refractivity (Wildman–Crippen MR) is 104 cm³/mol. The van der Waals surface area contributed by atoms with Crippen molar-refractivity contribution in [1.29, 1.82) is 0 Å². The van der Waals surface area contributed by atoms with Crippen LogP contribution in [0.2, 0.25) is 0 Å². The third kappa shape index (κ3) is 3.39. The molecule has 0 bridgehead atoms. The smallest absolute Gasteiger partial charge is 0.129 e. The van der Waals surface area contributed by atoms with Gasteiger partial charge in [0.15, 0.2) is 0 Å². The molecule has 1 aromatic carbocycles. The van der Waals surface area contributed by atoms with Crippen molar-refractivity contribution in [2.75, 3.05) is 11.9 Å². The average molecular weight is 362 g/mol. The van der Waals surface area contributed by atoms with Gasteiger partial charge in [0.1, 0.15) is 18.0 Å². The van der Waals surface area contributed by atoms with Crippen LogP contribution in [0.5, 0.6) is 0 Å². The molecule has 0 amide bonds. The van der Waals surface area contributed by atoms with Gasteiger partial charge >= 0.3 is 0 Å². The van der Waals surface area contributed by atoms with Crippen molar-refractivity contribution in [2.45, 2.75) is 19.8 Å². The molecule has 0 aliphatic carbocycles. The number of hydrogen-bond donors (Lipinski definition) is 1. The third-order valence-electron chi connectivity index (χ3n) is 4.26. The average Bonchev–Trinajstić information content (AvgIpc) is 3.16. The molecule has 0 spiro atoms. The van der Waals surface area contributed by atoms with E-state index in [0.717, 1.165) is 35.0 Å². The summed E-state index contributed by atoms with van der Waals surface area (Å²) in [6.45, 7) is 4.82. The van der Waals surface area contributed by atoms with E-state index in [4.69, 9.17) is 0 Å². The summed E-state index contributed by atoms with van der Waals surface area (Å²) < 4.78 is 1.22. The second kappa shape index (κ2) is 7.13. The van der Waals surface area contributed by atoms with E-state index in [0.29, 0.717) is 5.92 Å². The second-order valence-electron chi connectivity index (χ2n) is 6.14. The Bertz CT molecular complexity index is 1030. The first kappa shape index (κ1) is 16.5. The summed E-state index contributed by atoms with van der Waals surface area (Å²) in [4.78, 5) is 21.6. The fourth-order valence-corrected chi connectivity index (χ4v) is 3.52. The second-order valence-corrected chi connectivity index (χ2v) is 7.02. The first-order chi connectivity index (χ1) is 12.7. The lowest BCUT2D eigenvalue weighted by atomic mass is 10.00. The number of thiazole rings is 1. The van der Waals surface area contributed by atoms with Crippen LogP contribution in [0.4, 0.5) is 5.82 Å². The van der Waals surface area contributed by atoms with Crippen LogP contribution in [0.15, 0.2) is 48.5 Å². The lowest BCUT2D eigenvalue weighted by Crippen LogP contribution is -2.11. The summed E-state index contributed by atoms with van der Waals surface area (Å²) in [6.07, 6.45) is 5.11. The van der Waals surface area contributed by atoms with E-state index in [1.807, 2.05) is 18.5 Å². The highest BCUT2D eigenvalue weighted by molar-refractivity contribution is 7.16. The molecule has 1 atom stereocenters. The maximum atomic E-state index is 4.51. The molecule has 0 aliphatic rings. The summed E-state index contributed by atoms with van der Waals surface area (Å²) >= 11 is 1.67. The van der Waals surface area contributed by atoms with Crippen molar-refractivity contribution < 1.29 is 0 Å². The summed E-state index contributed by atoms with van der Waals surface area (Å²) in [5.41, 5.74) is 5.91. The molecule has 0 aliphatic heterocycles. The monoisotopic (exact) mass is 362 g/mol. The van der Waals surface area contributed by atoms with E-state index in [1.54, 1.807) is 30.1 Å². The van der Waals surface area contributed by atoms with Crippen LogP contribution in [0.25, 0.3) is 21.5 Å². The van der Waals surface area contributed by atoms with E-state index in [2.05, 4.69) is 55.4 Å². The van der Waals surface area contributed by atoms with Crippen LogP contribution in [0.3, 0.4) is 0 Å². The zero-order valence-electron chi connectivity index (χ0n) is 14.5. The fourth-order valence-electron chi connectivity index (χ4n) is 2.81. The number of rotatable bonds is 5. The van der Waals surface area contributed by atoms with Gasteiger partial charge in [0.2, 0.25) is 0 Å². The van der Waals surface area contributed by atoms with Gasteiger partial charge in [0.25, 0.3) is 0 Å². The molecular formula is C19H18N6S. The van der Waals surface area contributed by atoms with Gasteiger partial charge in [0.05, 0.1) is 21.4 Å². The quantitative estimate of drug-likeness (QED) is 0.577. The number of aryl methyl sites for hydroxylation is 1. The predicted octanol–water partition coefficient (Wildman–Crippen LogP) is 4.07. The molecule has 0 unspecified atom stereocenters. The minimum Gasteiger partial charge on any atom is -0.369 e. The van der Waals surface area contributed by atoms with Crippen LogP contribution in [0.1, 0.15) is 24.2 Å². The molecule has 0 saturated carbocycles. The highest BCUT2D eigenvalue weighted by atomic mass is 32.1. The van der Waals surface area contributed by atoms with Crippen molar-refractivity contribution in [2.24, 2.45) is 0 Å². The van der Waals surface area contributed by atoms with E-state index in [-0.39, 0.29) is 0 Å². The van der Waals surface area contributed by atoms with Crippen molar-refractivity contribution >= 4 is 27.4 Å². The number of nitrogens with zero attached hydrogens (tertiary/aromatic N) is 5. The largest absolute Gasteiger partial charge is 0.369 e. The van der Waals surface area contributed by atoms with Crippen molar-refractivity contribution in [1.82, 2.24) is 24.9 Å². The van der Waals surface area contributed by atoms with E-state index < -0.39 is 0 Å². The van der Waals surface area contributed by atoms with Gasteiger partial charge in [-0.05, 0) is 18.6 Å². The van der Waals surface area contributed by atoms with Crippen molar-refractivity contribution in [3.63, 3.8) is 0 Å². The molecule has 0 radical (unpaired) electrons. The Kier molecular flexibility index (Phi) is 4.53. The zero-order chi connectivity index (χ0) is 17.9. The van der Waals surface area contributed by atoms with E-state index in [9.17, 15) is 0 Å². The van der Waals surface area contributed by atoms with Gasteiger partial charge in [-0.25, -0.2) is 24.9 Å². The fraction of sp³-hybridized carbons (Fsp3) is 0.211. The lowest BCUT2D eigenvalue weighted by Gasteiger charge is -2.14. The molecular weight excluding hydrogens is 344 g/mol. The molecule has 0 saturated heterocycles. The Morgan fingerprint density at radius 2 is 1.92 bits per heavy atom. The minimum atomic E-state index is 0.307. The molecule has 1 N–H and O–H groups in total. The van der Waals surface area contributed by atoms with Gasteiger partial charge in [-0.1, -0.05) is 19.1 Å². The summed E-state index contributed by atoms with van der Waals surface area (Å²) in [5, 5.41) is 3.41. The number of anilines is 1. The minimum absolute atomic E-state index is 0.307. The van der Waals surface area contributed by atoms with Gasteiger partial charge in [-0.3, -0.25) is 0 Å². The standard InChI is InChI=1S/C19H18N6S/c1-12(15-4-3-5-17-19(15)25-11-26-17)7-22-18-6-16(23-10-24-18)14-8-20-13(2)21-9-14/h3-6,8-12H,7H2,1-2H3,(H,22,23,24)/t12-/m1/s1. The Balaban J connectivity index is 1.50. The van der Waals surface area contributed by atoms with Crippen LogP contribution >= 0.6 is 11.3 Å². The summed E-state index contributed by atoms with van der Waals surface area (Å²) in [5.74, 6) is 1.83. The Hall–Kier alpha value is -2.93. The molecule has 4 rings (SSSR count). The number of nitrogens with one attached hydrogen (secondary N) is 1. The first-order valence-corrected chi connectivity index (χ1v) is 9.26. The lowest BCUT2D eigenvalue weighted by molar-refractivity contribution is 0.806. The maximum absolute atomic E-state index is 4.51.